The first-order valence-electron chi connectivity index (χ1n) is 6.91. The van der Waals surface area contributed by atoms with E-state index in [-0.39, 0.29) is 11.7 Å². The number of aryl methyl sites for hydroxylation is 1. The van der Waals surface area contributed by atoms with Gasteiger partial charge in [0, 0.05) is 23.6 Å². The summed E-state index contributed by atoms with van der Waals surface area (Å²) >= 11 is 0. The average molecular weight is 293 g/mol. The third kappa shape index (κ3) is 2.61. The van der Waals surface area contributed by atoms with Crippen molar-refractivity contribution < 1.29 is 9.59 Å². The zero-order chi connectivity index (χ0) is 15.7. The second kappa shape index (κ2) is 5.44. The number of nitrogens with zero attached hydrogens (tertiary/aromatic N) is 2. The first kappa shape index (κ1) is 14.0. The number of pyridine rings is 1. The molecule has 0 spiro atoms. The van der Waals surface area contributed by atoms with Gasteiger partial charge in [0.2, 0.25) is 0 Å². The highest BCUT2D eigenvalue weighted by Gasteiger charge is 2.13. The summed E-state index contributed by atoms with van der Waals surface area (Å²) in [6, 6.07) is 10.4. The zero-order valence-electron chi connectivity index (χ0n) is 12.3. The Labute approximate surface area is 127 Å². The standard InChI is InChI=1S/C17H15N3O2/c1-11-10-20-8-4-7-15(16(20)18-11)17(22)19-14-6-3-5-13(9-14)12(2)21/h3-10H,1-2H3,(H,19,22). The minimum Gasteiger partial charge on any atom is -0.322 e. The first-order chi connectivity index (χ1) is 10.5. The maximum absolute atomic E-state index is 12.5. The first-order valence-corrected chi connectivity index (χ1v) is 6.91. The van der Waals surface area contributed by atoms with Crippen molar-refractivity contribution in [1.29, 1.82) is 0 Å². The van der Waals surface area contributed by atoms with Crippen molar-refractivity contribution in [2.45, 2.75) is 13.8 Å². The largest absolute Gasteiger partial charge is 0.322 e. The number of anilines is 1. The summed E-state index contributed by atoms with van der Waals surface area (Å²) in [4.78, 5) is 28.2. The lowest BCUT2D eigenvalue weighted by Gasteiger charge is -2.07. The SMILES string of the molecule is CC(=O)c1cccc(NC(=O)c2cccn3cc(C)nc23)c1. The van der Waals surface area contributed by atoms with Crippen LogP contribution in [0.1, 0.15) is 33.3 Å². The Balaban J connectivity index is 1.93. The number of carbonyl (C=O) groups is 2. The highest BCUT2D eigenvalue weighted by Crippen LogP contribution is 2.15. The lowest BCUT2D eigenvalue weighted by Crippen LogP contribution is -2.13. The molecule has 1 amide bonds. The van der Waals surface area contributed by atoms with Gasteiger partial charge in [-0.1, -0.05) is 12.1 Å². The van der Waals surface area contributed by atoms with E-state index in [9.17, 15) is 9.59 Å². The molecular formula is C17H15N3O2. The van der Waals surface area contributed by atoms with Crippen LogP contribution >= 0.6 is 0 Å². The van der Waals surface area contributed by atoms with E-state index in [4.69, 9.17) is 0 Å². The van der Waals surface area contributed by atoms with Gasteiger partial charge in [-0.3, -0.25) is 9.59 Å². The number of fused-ring (bicyclic) bond motifs is 1. The summed E-state index contributed by atoms with van der Waals surface area (Å²) in [6.45, 7) is 3.37. The molecule has 3 aromatic rings. The molecule has 5 nitrogen and oxygen atoms in total. The smallest absolute Gasteiger partial charge is 0.259 e. The van der Waals surface area contributed by atoms with Crippen molar-refractivity contribution in [3.8, 4) is 0 Å². The van der Waals surface area contributed by atoms with Crippen molar-refractivity contribution in [3.05, 3.63) is 65.6 Å². The van der Waals surface area contributed by atoms with E-state index in [0.717, 1.165) is 5.69 Å². The molecule has 0 saturated heterocycles. The fourth-order valence-electron chi connectivity index (χ4n) is 2.33. The van der Waals surface area contributed by atoms with Crippen LogP contribution in [0.25, 0.3) is 5.65 Å². The Kier molecular flexibility index (Phi) is 3.47. The topological polar surface area (TPSA) is 63.5 Å². The molecule has 2 heterocycles. The number of rotatable bonds is 3. The van der Waals surface area contributed by atoms with Crippen LogP contribution in [0.15, 0.2) is 48.8 Å². The molecule has 0 aliphatic carbocycles. The monoisotopic (exact) mass is 293 g/mol. The van der Waals surface area contributed by atoms with Crippen molar-refractivity contribution >= 4 is 23.0 Å². The Morgan fingerprint density at radius 3 is 2.77 bits per heavy atom. The van der Waals surface area contributed by atoms with Gasteiger partial charge < -0.3 is 9.72 Å². The van der Waals surface area contributed by atoms with Crippen LogP contribution in [0.5, 0.6) is 0 Å². The predicted octanol–water partition coefficient (Wildman–Crippen LogP) is 3.10. The summed E-state index contributed by atoms with van der Waals surface area (Å²) in [6.07, 6.45) is 3.71. The number of benzene rings is 1. The zero-order valence-corrected chi connectivity index (χ0v) is 12.3. The van der Waals surface area contributed by atoms with Crippen molar-refractivity contribution in [1.82, 2.24) is 9.38 Å². The van der Waals surface area contributed by atoms with Gasteiger partial charge in [0.25, 0.3) is 5.91 Å². The third-order valence-electron chi connectivity index (χ3n) is 3.37. The summed E-state index contributed by atoms with van der Waals surface area (Å²) in [5.74, 6) is -0.293. The average Bonchev–Trinajstić information content (AvgIpc) is 2.87. The van der Waals surface area contributed by atoms with Crippen molar-refractivity contribution in [2.75, 3.05) is 5.32 Å². The number of nitrogens with one attached hydrogen (secondary N) is 1. The molecule has 110 valence electrons. The highest BCUT2D eigenvalue weighted by molar-refractivity contribution is 6.08. The maximum atomic E-state index is 12.5. The van der Waals surface area contributed by atoms with E-state index in [2.05, 4.69) is 10.3 Å². The molecule has 5 heteroatoms. The summed E-state index contributed by atoms with van der Waals surface area (Å²) < 4.78 is 1.82. The number of hydrogen-bond donors (Lipinski definition) is 1. The van der Waals surface area contributed by atoms with Gasteiger partial charge in [0.15, 0.2) is 5.78 Å². The molecule has 0 radical (unpaired) electrons. The van der Waals surface area contributed by atoms with Gasteiger partial charge in [0.05, 0.1) is 11.3 Å². The number of ketones is 1. The summed E-state index contributed by atoms with van der Waals surface area (Å²) in [5, 5.41) is 2.81. The normalized spacial score (nSPS) is 10.6. The third-order valence-corrected chi connectivity index (χ3v) is 3.37. The van der Waals surface area contributed by atoms with E-state index < -0.39 is 0 Å². The van der Waals surface area contributed by atoms with Crippen LogP contribution in [-0.4, -0.2) is 21.1 Å². The molecule has 2 aromatic heterocycles. The Morgan fingerprint density at radius 2 is 2.00 bits per heavy atom. The minimum absolute atomic E-state index is 0.0397. The van der Waals surface area contributed by atoms with Crippen LogP contribution in [0.2, 0.25) is 0 Å². The van der Waals surface area contributed by atoms with E-state index in [1.54, 1.807) is 36.4 Å². The predicted molar refractivity (Wildman–Crippen MR) is 84.3 cm³/mol. The van der Waals surface area contributed by atoms with Crippen molar-refractivity contribution in [2.24, 2.45) is 0 Å². The summed E-state index contributed by atoms with van der Waals surface area (Å²) in [7, 11) is 0. The second-order valence-corrected chi connectivity index (χ2v) is 5.13. The van der Waals surface area contributed by atoms with Crippen LogP contribution < -0.4 is 5.32 Å². The second-order valence-electron chi connectivity index (χ2n) is 5.13. The van der Waals surface area contributed by atoms with Gasteiger partial charge in [-0.25, -0.2) is 4.98 Å². The molecule has 0 atom stereocenters. The molecule has 0 unspecified atom stereocenters. The molecule has 22 heavy (non-hydrogen) atoms. The number of carbonyl (C=O) groups excluding carboxylic acids is 2. The van der Waals surface area contributed by atoms with Crippen LogP contribution in [0.4, 0.5) is 5.69 Å². The van der Waals surface area contributed by atoms with E-state index in [0.29, 0.717) is 22.5 Å². The number of Topliss-reactive ketones (excluding diaryl/α,β-unsaturated/α-hetero) is 1. The van der Waals surface area contributed by atoms with Crippen LogP contribution in [-0.2, 0) is 0 Å². The van der Waals surface area contributed by atoms with Gasteiger partial charge >= 0.3 is 0 Å². The number of aromatic nitrogens is 2. The molecule has 0 aliphatic rings. The van der Waals surface area contributed by atoms with Gasteiger partial charge in [-0.2, -0.15) is 0 Å². The quantitative estimate of drug-likeness (QED) is 0.755. The minimum atomic E-state index is -0.253. The Bertz CT molecular complexity index is 880. The maximum Gasteiger partial charge on any atom is 0.259 e. The molecule has 0 fully saturated rings. The fraction of sp³-hybridized carbons (Fsp3) is 0.118. The Morgan fingerprint density at radius 1 is 1.18 bits per heavy atom. The molecule has 1 aromatic carbocycles. The molecule has 0 bridgehead atoms. The molecule has 0 saturated carbocycles. The van der Waals surface area contributed by atoms with Gasteiger partial charge in [0.1, 0.15) is 5.65 Å². The fourth-order valence-corrected chi connectivity index (χ4v) is 2.33. The molecule has 1 N–H and O–H groups in total. The number of hydrogen-bond acceptors (Lipinski definition) is 3. The van der Waals surface area contributed by atoms with Gasteiger partial charge in [-0.05, 0) is 38.1 Å². The highest BCUT2D eigenvalue weighted by atomic mass is 16.1. The van der Waals surface area contributed by atoms with E-state index in [1.165, 1.54) is 6.92 Å². The Hall–Kier alpha value is -2.95. The number of imidazole rings is 1. The van der Waals surface area contributed by atoms with E-state index >= 15 is 0 Å². The molecular weight excluding hydrogens is 278 g/mol. The van der Waals surface area contributed by atoms with E-state index in [1.807, 2.05) is 23.7 Å². The number of amides is 1. The van der Waals surface area contributed by atoms with Crippen molar-refractivity contribution in [3.63, 3.8) is 0 Å². The van der Waals surface area contributed by atoms with Gasteiger partial charge in [-0.15, -0.1) is 0 Å². The summed E-state index contributed by atoms with van der Waals surface area (Å²) in [5.41, 5.74) is 3.10. The molecule has 3 rings (SSSR count). The van der Waals surface area contributed by atoms with Crippen LogP contribution in [0.3, 0.4) is 0 Å². The lowest BCUT2D eigenvalue weighted by atomic mass is 10.1. The lowest BCUT2D eigenvalue weighted by molar-refractivity contribution is 0.101. The molecule has 0 aliphatic heterocycles. The van der Waals surface area contributed by atoms with Crippen LogP contribution in [0, 0.1) is 6.92 Å².